The molecule has 3 heterocycles. The SMILES string of the molecule is COc1c(N[C@@H]2CCCNC2)ncnc1-n1nc(Nc2ccc(F)c(F)c2)nc1N. The fourth-order valence-electron chi connectivity index (χ4n) is 3.21. The third kappa shape index (κ3) is 4.08. The molecule has 30 heavy (non-hydrogen) atoms. The molecule has 1 aliphatic heterocycles. The largest absolute Gasteiger partial charge is 0.490 e. The number of benzene rings is 1. The Bertz CT molecular complexity index is 1040. The van der Waals surface area contributed by atoms with Crippen molar-refractivity contribution < 1.29 is 13.5 Å². The number of hydrogen-bond acceptors (Lipinski definition) is 9. The van der Waals surface area contributed by atoms with Crippen LogP contribution in [0.2, 0.25) is 0 Å². The number of aromatic nitrogens is 5. The number of piperidine rings is 1. The van der Waals surface area contributed by atoms with Gasteiger partial charge in [0.15, 0.2) is 17.5 Å². The van der Waals surface area contributed by atoms with Crippen LogP contribution in [0.5, 0.6) is 5.75 Å². The Hall–Kier alpha value is -3.54. The summed E-state index contributed by atoms with van der Waals surface area (Å²) in [7, 11) is 1.50. The molecule has 1 aliphatic rings. The maximum atomic E-state index is 13.4. The van der Waals surface area contributed by atoms with Gasteiger partial charge < -0.3 is 26.4 Å². The highest BCUT2D eigenvalue weighted by Gasteiger charge is 2.21. The van der Waals surface area contributed by atoms with Gasteiger partial charge >= 0.3 is 0 Å². The van der Waals surface area contributed by atoms with Gasteiger partial charge in [-0.3, -0.25) is 0 Å². The molecule has 1 fully saturated rings. The van der Waals surface area contributed by atoms with E-state index in [1.54, 1.807) is 0 Å². The van der Waals surface area contributed by atoms with E-state index in [4.69, 9.17) is 10.5 Å². The molecule has 0 radical (unpaired) electrons. The van der Waals surface area contributed by atoms with Gasteiger partial charge in [-0.05, 0) is 31.5 Å². The first kappa shape index (κ1) is 19.8. The number of rotatable bonds is 6. The standard InChI is InChI=1S/C18H21F2N9O/c1-30-14-15(25-11-3-2-6-22-8-11)23-9-24-16(14)29-17(21)27-18(28-29)26-10-4-5-12(19)13(20)7-10/h4-5,7,9,11,22H,2-3,6,8H2,1H3,(H,23,24,25)(H3,21,26,27,28)/t11-/m1/s1. The molecular weight excluding hydrogens is 396 g/mol. The number of nitrogen functional groups attached to an aromatic ring is 1. The smallest absolute Gasteiger partial charge is 0.248 e. The summed E-state index contributed by atoms with van der Waals surface area (Å²) in [6, 6.07) is 3.57. The molecule has 2 aromatic heterocycles. The summed E-state index contributed by atoms with van der Waals surface area (Å²) >= 11 is 0. The zero-order chi connectivity index (χ0) is 21.1. The molecule has 1 aromatic carbocycles. The van der Waals surface area contributed by atoms with Crippen molar-refractivity contribution >= 4 is 23.4 Å². The molecule has 1 atom stereocenters. The van der Waals surface area contributed by atoms with Crippen molar-refractivity contribution in [2.45, 2.75) is 18.9 Å². The first-order valence-corrected chi connectivity index (χ1v) is 9.36. The summed E-state index contributed by atoms with van der Waals surface area (Å²) in [6.07, 6.45) is 3.44. The lowest BCUT2D eigenvalue weighted by Gasteiger charge is -2.25. The Morgan fingerprint density at radius 1 is 1.27 bits per heavy atom. The van der Waals surface area contributed by atoms with Gasteiger partial charge in [0.2, 0.25) is 23.5 Å². The summed E-state index contributed by atoms with van der Waals surface area (Å²) in [5, 5.41) is 13.7. The number of halogens is 2. The molecule has 1 saturated heterocycles. The van der Waals surface area contributed by atoms with E-state index in [2.05, 4.69) is 36.0 Å². The van der Waals surface area contributed by atoms with E-state index in [9.17, 15) is 8.78 Å². The third-order valence-corrected chi connectivity index (χ3v) is 4.64. The number of methoxy groups -OCH3 is 1. The highest BCUT2D eigenvalue weighted by atomic mass is 19.2. The first-order chi connectivity index (χ1) is 14.5. The summed E-state index contributed by atoms with van der Waals surface area (Å²) in [6.45, 7) is 1.81. The van der Waals surface area contributed by atoms with Crippen LogP contribution < -0.4 is 26.4 Å². The lowest BCUT2D eigenvalue weighted by Crippen LogP contribution is -2.38. The van der Waals surface area contributed by atoms with Gasteiger partial charge in [-0.25, -0.2) is 18.7 Å². The first-order valence-electron chi connectivity index (χ1n) is 9.36. The molecule has 3 aromatic rings. The molecule has 158 valence electrons. The number of nitrogens with two attached hydrogens (primary N) is 1. The van der Waals surface area contributed by atoms with Crippen LogP contribution >= 0.6 is 0 Å². The van der Waals surface area contributed by atoms with Gasteiger partial charge in [0.05, 0.1) is 7.11 Å². The van der Waals surface area contributed by atoms with Gasteiger partial charge in [0.1, 0.15) is 6.33 Å². The van der Waals surface area contributed by atoms with Crippen molar-refractivity contribution in [2.24, 2.45) is 0 Å². The van der Waals surface area contributed by atoms with Crippen LogP contribution in [0.25, 0.3) is 5.82 Å². The van der Waals surface area contributed by atoms with Crippen molar-refractivity contribution in [3.05, 3.63) is 36.2 Å². The highest BCUT2D eigenvalue weighted by molar-refractivity contribution is 5.61. The molecule has 0 saturated carbocycles. The maximum absolute atomic E-state index is 13.4. The highest BCUT2D eigenvalue weighted by Crippen LogP contribution is 2.30. The minimum Gasteiger partial charge on any atom is -0.490 e. The monoisotopic (exact) mass is 417 g/mol. The predicted molar refractivity (Wildman–Crippen MR) is 107 cm³/mol. The zero-order valence-electron chi connectivity index (χ0n) is 16.2. The Balaban J connectivity index is 1.61. The summed E-state index contributed by atoms with van der Waals surface area (Å²) in [4.78, 5) is 12.6. The summed E-state index contributed by atoms with van der Waals surface area (Å²) < 4.78 is 33.4. The van der Waals surface area contributed by atoms with E-state index < -0.39 is 11.6 Å². The van der Waals surface area contributed by atoms with Crippen LogP contribution in [-0.4, -0.2) is 51.0 Å². The number of nitrogens with zero attached hydrogens (tertiary/aromatic N) is 5. The van der Waals surface area contributed by atoms with E-state index in [0.29, 0.717) is 17.4 Å². The van der Waals surface area contributed by atoms with Crippen molar-refractivity contribution in [2.75, 3.05) is 36.6 Å². The van der Waals surface area contributed by atoms with Gasteiger partial charge in [0, 0.05) is 24.3 Å². The predicted octanol–water partition coefficient (Wildman–Crippen LogP) is 1.83. The van der Waals surface area contributed by atoms with Crippen LogP contribution in [0, 0.1) is 11.6 Å². The maximum Gasteiger partial charge on any atom is 0.248 e. The van der Waals surface area contributed by atoms with Crippen molar-refractivity contribution in [3.63, 3.8) is 0 Å². The van der Waals surface area contributed by atoms with Gasteiger partial charge in [-0.15, -0.1) is 5.10 Å². The number of ether oxygens (including phenoxy) is 1. The fourth-order valence-corrected chi connectivity index (χ4v) is 3.21. The molecule has 0 spiro atoms. The molecule has 0 unspecified atom stereocenters. The Labute approximate surface area is 170 Å². The van der Waals surface area contributed by atoms with Crippen LogP contribution in [0.4, 0.5) is 32.2 Å². The van der Waals surface area contributed by atoms with Gasteiger partial charge in [0.25, 0.3) is 0 Å². The van der Waals surface area contributed by atoms with E-state index in [1.807, 2.05) is 0 Å². The minimum atomic E-state index is -0.988. The molecule has 0 aliphatic carbocycles. The topological polar surface area (TPSA) is 128 Å². The van der Waals surface area contributed by atoms with E-state index in [-0.39, 0.29) is 23.6 Å². The molecule has 5 N–H and O–H groups in total. The second kappa shape index (κ2) is 8.45. The fraction of sp³-hybridized carbons (Fsp3) is 0.333. The normalized spacial score (nSPS) is 16.3. The second-order valence-electron chi connectivity index (χ2n) is 6.73. The Morgan fingerprint density at radius 2 is 2.13 bits per heavy atom. The van der Waals surface area contributed by atoms with Crippen LogP contribution in [0.15, 0.2) is 24.5 Å². The molecule has 12 heteroatoms. The van der Waals surface area contributed by atoms with Gasteiger partial charge in [-0.2, -0.15) is 9.67 Å². The number of nitrogens with one attached hydrogen (secondary N) is 3. The van der Waals surface area contributed by atoms with Gasteiger partial charge in [-0.1, -0.05) is 0 Å². The van der Waals surface area contributed by atoms with E-state index in [1.165, 1.54) is 24.2 Å². The summed E-state index contributed by atoms with van der Waals surface area (Å²) in [5.74, 6) is -0.648. The van der Waals surface area contributed by atoms with Crippen LogP contribution in [-0.2, 0) is 0 Å². The Morgan fingerprint density at radius 3 is 2.87 bits per heavy atom. The second-order valence-corrected chi connectivity index (χ2v) is 6.73. The quantitative estimate of drug-likeness (QED) is 0.475. The molecule has 0 amide bonds. The lowest BCUT2D eigenvalue weighted by atomic mass is 10.1. The minimum absolute atomic E-state index is 0.0300. The summed E-state index contributed by atoms with van der Waals surface area (Å²) in [5.41, 5.74) is 6.28. The zero-order valence-corrected chi connectivity index (χ0v) is 16.2. The van der Waals surface area contributed by atoms with Crippen LogP contribution in [0.3, 0.4) is 0 Å². The third-order valence-electron chi connectivity index (χ3n) is 4.64. The van der Waals surface area contributed by atoms with Crippen molar-refractivity contribution in [1.82, 2.24) is 30.0 Å². The molecule has 0 bridgehead atoms. The molecule has 4 rings (SSSR count). The number of anilines is 4. The molecule has 10 nitrogen and oxygen atoms in total. The van der Waals surface area contributed by atoms with Crippen LogP contribution in [0.1, 0.15) is 12.8 Å². The number of hydrogen-bond donors (Lipinski definition) is 4. The van der Waals surface area contributed by atoms with Crippen molar-refractivity contribution in [1.29, 1.82) is 0 Å². The van der Waals surface area contributed by atoms with E-state index in [0.717, 1.165) is 38.1 Å². The lowest BCUT2D eigenvalue weighted by molar-refractivity contribution is 0.406. The average Bonchev–Trinajstić information content (AvgIpc) is 3.11. The molecular formula is C18H21F2N9O. The van der Waals surface area contributed by atoms with E-state index >= 15 is 0 Å². The van der Waals surface area contributed by atoms with Crippen molar-refractivity contribution in [3.8, 4) is 11.6 Å². The Kier molecular flexibility index (Phi) is 5.57. The average molecular weight is 417 g/mol.